The summed E-state index contributed by atoms with van der Waals surface area (Å²) in [6.07, 6.45) is 2.49. The van der Waals surface area contributed by atoms with Crippen LogP contribution in [0.1, 0.15) is 36.6 Å². The highest BCUT2D eigenvalue weighted by molar-refractivity contribution is 5.87. The van der Waals surface area contributed by atoms with Gasteiger partial charge in [0, 0.05) is 18.1 Å². The van der Waals surface area contributed by atoms with Gasteiger partial charge in [-0.15, -0.1) is 0 Å². The lowest BCUT2D eigenvalue weighted by Gasteiger charge is -2.14. The van der Waals surface area contributed by atoms with Crippen LogP contribution in [-0.2, 0) is 21.4 Å². The van der Waals surface area contributed by atoms with Gasteiger partial charge in [0.15, 0.2) is 5.76 Å². The summed E-state index contributed by atoms with van der Waals surface area (Å²) >= 11 is 0. The molecule has 42 heavy (non-hydrogen) atoms. The van der Waals surface area contributed by atoms with Crippen LogP contribution in [0.25, 0.3) is 22.5 Å². The summed E-state index contributed by atoms with van der Waals surface area (Å²) in [5.41, 5.74) is 6.31. The predicted molar refractivity (Wildman–Crippen MR) is 163 cm³/mol. The monoisotopic (exact) mass is 559 g/mol. The number of pyridine rings is 1. The zero-order chi connectivity index (χ0) is 28.9. The maximum atomic E-state index is 12.5. The second-order valence-corrected chi connectivity index (χ2v) is 10.5. The van der Waals surface area contributed by atoms with Gasteiger partial charge >= 0.3 is 5.97 Å². The smallest absolute Gasteiger partial charge is 0.316 e. The van der Waals surface area contributed by atoms with Crippen LogP contribution in [-0.4, -0.2) is 29.3 Å². The number of carbonyl (C=O) groups excluding carboxylic acids is 1. The zero-order valence-electron chi connectivity index (χ0n) is 23.8. The molecule has 6 rings (SSSR count). The van der Waals surface area contributed by atoms with Gasteiger partial charge in [-0.25, -0.2) is 0 Å². The Morgan fingerprint density at radius 1 is 0.881 bits per heavy atom. The van der Waals surface area contributed by atoms with Crippen LogP contribution >= 0.6 is 0 Å². The summed E-state index contributed by atoms with van der Waals surface area (Å²) in [6, 6.07) is 32.3. The van der Waals surface area contributed by atoms with Crippen molar-refractivity contribution >= 4 is 17.5 Å². The van der Waals surface area contributed by atoms with Crippen LogP contribution in [0.3, 0.4) is 0 Å². The number of hydrogen-bond acceptors (Lipinski definition) is 7. The molecule has 5 aromatic rings. The fraction of sp³-hybridized carbons (Fsp3) is 0.229. The molecule has 1 fully saturated rings. The van der Waals surface area contributed by atoms with Gasteiger partial charge in [-0.3, -0.25) is 4.79 Å². The van der Waals surface area contributed by atoms with Crippen molar-refractivity contribution in [3.63, 3.8) is 0 Å². The molecule has 212 valence electrons. The topological polar surface area (TPSA) is 86.5 Å². The summed E-state index contributed by atoms with van der Waals surface area (Å²) in [7, 11) is 0. The molecule has 0 amide bonds. The third-order valence-corrected chi connectivity index (χ3v) is 7.66. The van der Waals surface area contributed by atoms with Gasteiger partial charge in [-0.2, -0.15) is 4.98 Å². The van der Waals surface area contributed by atoms with Crippen LogP contribution in [0.2, 0.25) is 0 Å². The fourth-order valence-corrected chi connectivity index (χ4v) is 5.13. The van der Waals surface area contributed by atoms with Gasteiger partial charge in [0.2, 0.25) is 5.88 Å². The normalized spacial score (nSPS) is 13.4. The summed E-state index contributed by atoms with van der Waals surface area (Å²) in [4.78, 5) is 17.1. The van der Waals surface area contributed by atoms with Crippen LogP contribution < -0.4 is 10.1 Å². The molecule has 0 unspecified atom stereocenters. The first-order chi connectivity index (χ1) is 20.6. The van der Waals surface area contributed by atoms with E-state index in [4.69, 9.17) is 14.0 Å². The van der Waals surface area contributed by atoms with Crippen molar-refractivity contribution in [1.29, 1.82) is 0 Å². The minimum Gasteiger partial charge on any atom is -0.477 e. The van der Waals surface area contributed by atoms with Gasteiger partial charge in [-0.1, -0.05) is 90.1 Å². The van der Waals surface area contributed by atoms with Crippen molar-refractivity contribution in [2.24, 2.45) is 0 Å². The predicted octanol–water partition coefficient (Wildman–Crippen LogP) is 7.67. The van der Waals surface area contributed by atoms with Crippen molar-refractivity contribution in [2.45, 2.75) is 38.5 Å². The van der Waals surface area contributed by atoms with Crippen molar-refractivity contribution in [2.75, 3.05) is 18.5 Å². The van der Waals surface area contributed by atoms with Gasteiger partial charge in [0.05, 0.1) is 18.6 Å². The molecule has 0 aliphatic heterocycles. The van der Waals surface area contributed by atoms with Gasteiger partial charge in [0.1, 0.15) is 17.2 Å². The maximum absolute atomic E-state index is 12.5. The van der Waals surface area contributed by atoms with Gasteiger partial charge < -0.3 is 19.3 Å². The minimum absolute atomic E-state index is 0.119. The molecule has 0 saturated heterocycles. The van der Waals surface area contributed by atoms with Crippen LogP contribution in [0.15, 0.2) is 102 Å². The minimum atomic E-state index is -0.464. The number of rotatable bonds is 11. The number of ether oxygens (including phenoxy) is 2. The summed E-state index contributed by atoms with van der Waals surface area (Å²) < 4.78 is 17.0. The van der Waals surface area contributed by atoms with Crippen molar-refractivity contribution in [3.8, 4) is 28.3 Å². The summed E-state index contributed by atoms with van der Waals surface area (Å²) in [5.74, 6) is 1.72. The first-order valence-electron chi connectivity index (χ1n) is 14.3. The van der Waals surface area contributed by atoms with Crippen LogP contribution in [0.4, 0.5) is 11.5 Å². The molecular formula is C35H33N3O4. The second kappa shape index (κ2) is 11.9. The van der Waals surface area contributed by atoms with E-state index in [0.29, 0.717) is 30.7 Å². The third-order valence-electron chi connectivity index (χ3n) is 7.66. The Morgan fingerprint density at radius 3 is 2.26 bits per heavy atom. The lowest BCUT2D eigenvalue weighted by atomic mass is 9.93. The molecule has 2 heterocycles. The largest absolute Gasteiger partial charge is 0.477 e. The number of carbonyl (C=O) groups is 1. The lowest BCUT2D eigenvalue weighted by Crippen LogP contribution is -2.23. The molecule has 1 saturated carbocycles. The number of anilines is 2. The molecule has 1 N–H and O–H groups in total. The molecule has 3 aromatic carbocycles. The summed E-state index contributed by atoms with van der Waals surface area (Å²) in [5, 5.41) is 7.58. The SMILES string of the molecule is CCOC(=O)C1(c2ccc(-c3ccc(-c4onc(C)c4Nc4cccc(OCCc5ccccc5)n4)cc3)cc2)CC1. The average molecular weight is 560 g/mol. The van der Waals surface area contributed by atoms with Gasteiger partial charge in [-0.05, 0) is 55.0 Å². The number of aryl methyl sites for hydroxylation is 1. The lowest BCUT2D eigenvalue weighted by molar-refractivity contribution is -0.146. The van der Waals surface area contributed by atoms with Crippen LogP contribution in [0.5, 0.6) is 5.88 Å². The van der Waals surface area contributed by atoms with E-state index in [9.17, 15) is 4.79 Å². The summed E-state index contributed by atoms with van der Waals surface area (Å²) in [6.45, 7) is 4.69. The molecule has 0 atom stereocenters. The Balaban J connectivity index is 1.14. The van der Waals surface area contributed by atoms with Crippen molar-refractivity contribution in [1.82, 2.24) is 10.1 Å². The number of hydrogen-bond donors (Lipinski definition) is 1. The Bertz CT molecular complexity index is 1660. The number of nitrogens with zero attached hydrogens (tertiary/aromatic N) is 2. The number of benzene rings is 3. The molecule has 0 bridgehead atoms. The first kappa shape index (κ1) is 27.3. The molecule has 2 aromatic heterocycles. The molecule has 1 aliphatic rings. The molecular weight excluding hydrogens is 526 g/mol. The van der Waals surface area contributed by atoms with E-state index in [0.717, 1.165) is 52.9 Å². The van der Waals surface area contributed by atoms with E-state index in [2.05, 4.69) is 51.9 Å². The molecule has 0 spiro atoms. The van der Waals surface area contributed by atoms with E-state index in [1.54, 1.807) is 0 Å². The Hall–Kier alpha value is -4.91. The second-order valence-electron chi connectivity index (χ2n) is 10.5. The Labute approximate surface area is 245 Å². The van der Waals surface area contributed by atoms with Crippen LogP contribution in [0, 0.1) is 6.92 Å². The Kier molecular flexibility index (Phi) is 7.73. The fourth-order valence-electron chi connectivity index (χ4n) is 5.13. The van der Waals surface area contributed by atoms with E-state index in [1.807, 2.05) is 74.5 Å². The van der Waals surface area contributed by atoms with Gasteiger partial charge in [0.25, 0.3) is 0 Å². The number of aromatic nitrogens is 2. The molecule has 0 radical (unpaired) electrons. The van der Waals surface area contributed by atoms with Crippen molar-refractivity contribution < 1.29 is 18.8 Å². The maximum Gasteiger partial charge on any atom is 0.316 e. The molecule has 7 heteroatoms. The first-order valence-corrected chi connectivity index (χ1v) is 14.3. The average Bonchev–Trinajstić information content (AvgIpc) is 3.77. The quantitative estimate of drug-likeness (QED) is 0.166. The molecule has 7 nitrogen and oxygen atoms in total. The Morgan fingerprint density at radius 2 is 1.57 bits per heavy atom. The zero-order valence-corrected chi connectivity index (χ0v) is 23.8. The van der Waals surface area contributed by atoms with E-state index >= 15 is 0 Å². The highest BCUT2D eigenvalue weighted by Crippen LogP contribution is 2.49. The van der Waals surface area contributed by atoms with E-state index in [1.165, 1.54) is 5.56 Å². The van der Waals surface area contributed by atoms with Crippen molar-refractivity contribution in [3.05, 3.63) is 114 Å². The van der Waals surface area contributed by atoms with E-state index < -0.39 is 5.41 Å². The standard InChI is InChI=1S/C35H33N3O4/c1-3-40-34(39)35(21-22-35)29-18-16-27(17-19-29)26-12-14-28(15-13-26)33-32(24(2)38-42-33)37-30-10-7-11-31(36-30)41-23-20-25-8-5-4-6-9-25/h4-19H,3,20-23H2,1-2H3,(H,36,37). The highest BCUT2D eigenvalue weighted by Gasteiger charge is 2.52. The third kappa shape index (κ3) is 5.77. The molecule has 1 aliphatic carbocycles. The van der Waals surface area contributed by atoms with E-state index in [-0.39, 0.29) is 5.97 Å². The number of nitrogens with one attached hydrogen (secondary N) is 1. The highest BCUT2D eigenvalue weighted by atomic mass is 16.5. The number of esters is 1.